The first-order valence-corrected chi connectivity index (χ1v) is 4.22. The summed E-state index contributed by atoms with van der Waals surface area (Å²) in [4.78, 5) is 11.2. The number of amides is 1. The number of carbonyl (C=O) groups is 1. The van der Waals surface area contributed by atoms with Crippen LogP contribution in [0.4, 0.5) is 11.6 Å². The molecule has 1 aromatic rings. The Kier molecular flexibility index (Phi) is 1.55. The summed E-state index contributed by atoms with van der Waals surface area (Å²) in [5.41, 5.74) is 6.68. The monoisotopic (exact) mass is 180 g/mol. The SMILES string of the molecule is CC1CC(=O)Nc2c1c(N)nn2C. The second-order valence-corrected chi connectivity index (χ2v) is 3.42. The summed E-state index contributed by atoms with van der Waals surface area (Å²) in [6, 6.07) is 0. The second kappa shape index (κ2) is 2.48. The molecular formula is C8H12N4O. The van der Waals surface area contributed by atoms with Gasteiger partial charge >= 0.3 is 0 Å². The van der Waals surface area contributed by atoms with E-state index < -0.39 is 0 Å². The molecular weight excluding hydrogens is 168 g/mol. The van der Waals surface area contributed by atoms with Crippen LogP contribution in [0.1, 0.15) is 24.8 Å². The molecule has 0 bridgehead atoms. The summed E-state index contributed by atoms with van der Waals surface area (Å²) < 4.78 is 1.61. The zero-order chi connectivity index (χ0) is 9.59. The maximum Gasteiger partial charge on any atom is 0.226 e. The van der Waals surface area contributed by atoms with Crippen molar-refractivity contribution < 1.29 is 4.79 Å². The largest absolute Gasteiger partial charge is 0.382 e. The first kappa shape index (κ1) is 8.10. The molecule has 0 spiro atoms. The van der Waals surface area contributed by atoms with E-state index >= 15 is 0 Å². The van der Waals surface area contributed by atoms with E-state index in [2.05, 4.69) is 10.4 Å². The average Bonchev–Trinajstić information content (AvgIpc) is 2.27. The molecule has 1 aliphatic rings. The van der Waals surface area contributed by atoms with E-state index in [0.29, 0.717) is 12.2 Å². The number of carbonyl (C=O) groups excluding carboxylic acids is 1. The van der Waals surface area contributed by atoms with Crippen LogP contribution in [0.5, 0.6) is 0 Å². The Hall–Kier alpha value is -1.52. The Balaban J connectivity index is 2.57. The Labute approximate surface area is 75.9 Å². The molecule has 1 amide bonds. The second-order valence-electron chi connectivity index (χ2n) is 3.42. The van der Waals surface area contributed by atoms with Gasteiger partial charge < -0.3 is 11.1 Å². The highest BCUT2D eigenvalue weighted by Crippen LogP contribution is 2.35. The zero-order valence-electron chi connectivity index (χ0n) is 7.66. The Morgan fingerprint density at radius 3 is 3.08 bits per heavy atom. The number of nitrogens with one attached hydrogen (secondary N) is 1. The van der Waals surface area contributed by atoms with Gasteiger partial charge in [0.1, 0.15) is 5.82 Å². The highest BCUT2D eigenvalue weighted by Gasteiger charge is 2.27. The van der Waals surface area contributed by atoms with E-state index in [1.165, 1.54) is 0 Å². The summed E-state index contributed by atoms with van der Waals surface area (Å²) in [5, 5.41) is 6.82. The quantitative estimate of drug-likeness (QED) is 0.608. The molecule has 70 valence electrons. The minimum Gasteiger partial charge on any atom is -0.382 e. The molecule has 0 fully saturated rings. The van der Waals surface area contributed by atoms with Crippen LogP contribution in [-0.2, 0) is 11.8 Å². The summed E-state index contributed by atoms with van der Waals surface area (Å²) >= 11 is 0. The molecule has 5 nitrogen and oxygen atoms in total. The lowest BCUT2D eigenvalue weighted by atomic mass is 9.96. The van der Waals surface area contributed by atoms with E-state index in [1.807, 2.05) is 6.92 Å². The fourth-order valence-electron chi connectivity index (χ4n) is 1.76. The van der Waals surface area contributed by atoms with Crippen LogP contribution in [0.15, 0.2) is 0 Å². The number of nitrogens with two attached hydrogens (primary N) is 1. The molecule has 1 aromatic heterocycles. The normalized spacial score (nSPS) is 21.1. The number of nitrogen functional groups attached to an aromatic ring is 1. The smallest absolute Gasteiger partial charge is 0.226 e. The van der Waals surface area contributed by atoms with E-state index in [-0.39, 0.29) is 11.8 Å². The van der Waals surface area contributed by atoms with Crippen molar-refractivity contribution >= 4 is 17.5 Å². The fraction of sp³-hybridized carbons (Fsp3) is 0.500. The third kappa shape index (κ3) is 1.07. The van der Waals surface area contributed by atoms with Crippen LogP contribution in [0, 0.1) is 0 Å². The lowest BCUT2D eigenvalue weighted by molar-refractivity contribution is -0.116. The van der Waals surface area contributed by atoms with Gasteiger partial charge in [-0.3, -0.25) is 9.48 Å². The molecule has 0 saturated carbocycles. The van der Waals surface area contributed by atoms with Crippen molar-refractivity contribution in [2.45, 2.75) is 19.3 Å². The predicted molar refractivity (Wildman–Crippen MR) is 49.3 cm³/mol. The van der Waals surface area contributed by atoms with Gasteiger partial charge in [0.2, 0.25) is 5.91 Å². The van der Waals surface area contributed by atoms with Crippen molar-refractivity contribution in [2.24, 2.45) is 7.05 Å². The summed E-state index contributed by atoms with van der Waals surface area (Å²) in [6.45, 7) is 1.98. The summed E-state index contributed by atoms with van der Waals surface area (Å²) in [5.74, 6) is 1.45. The van der Waals surface area contributed by atoms with Gasteiger partial charge in [-0.25, -0.2) is 0 Å². The number of aromatic nitrogens is 2. The third-order valence-corrected chi connectivity index (χ3v) is 2.35. The van der Waals surface area contributed by atoms with Gasteiger partial charge in [-0.15, -0.1) is 0 Å². The van der Waals surface area contributed by atoms with Gasteiger partial charge in [-0.1, -0.05) is 6.92 Å². The van der Waals surface area contributed by atoms with Gasteiger partial charge in [-0.05, 0) is 5.92 Å². The molecule has 2 heterocycles. The third-order valence-electron chi connectivity index (χ3n) is 2.35. The number of hydrogen-bond acceptors (Lipinski definition) is 3. The molecule has 3 N–H and O–H groups in total. The number of aryl methyl sites for hydroxylation is 1. The predicted octanol–water partition coefficient (Wildman–Crippen LogP) is 0.448. The van der Waals surface area contributed by atoms with E-state index in [0.717, 1.165) is 11.4 Å². The summed E-state index contributed by atoms with van der Waals surface area (Å²) in [6.07, 6.45) is 0.489. The average molecular weight is 180 g/mol. The van der Waals surface area contributed by atoms with Crippen molar-refractivity contribution in [3.63, 3.8) is 0 Å². The summed E-state index contributed by atoms with van der Waals surface area (Å²) in [7, 11) is 1.77. The number of hydrogen-bond donors (Lipinski definition) is 2. The van der Waals surface area contributed by atoms with Crippen molar-refractivity contribution in [3.8, 4) is 0 Å². The van der Waals surface area contributed by atoms with E-state index in [1.54, 1.807) is 11.7 Å². The molecule has 2 rings (SSSR count). The lowest BCUT2D eigenvalue weighted by Gasteiger charge is -2.19. The molecule has 0 aromatic carbocycles. The van der Waals surface area contributed by atoms with E-state index in [4.69, 9.17) is 5.73 Å². The highest BCUT2D eigenvalue weighted by atomic mass is 16.1. The van der Waals surface area contributed by atoms with Gasteiger partial charge in [-0.2, -0.15) is 5.10 Å². The lowest BCUT2D eigenvalue weighted by Crippen LogP contribution is -2.22. The first-order valence-electron chi connectivity index (χ1n) is 4.22. The minimum absolute atomic E-state index is 0.0306. The van der Waals surface area contributed by atoms with Crippen molar-refractivity contribution in [2.75, 3.05) is 11.1 Å². The van der Waals surface area contributed by atoms with Crippen LogP contribution in [-0.4, -0.2) is 15.7 Å². The van der Waals surface area contributed by atoms with E-state index in [9.17, 15) is 4.79 Å². The van der Waals surface area contributed by atoms with Crippen LogP contribution >= 0.6 is 0 Å². The highest BCUT2D eigenvalue weighted by molar-refractivity contribution is 5.94. The molecule has 1 atom stereocenters. The maximum atomic E-state index is 11.2. The molecule has 1 unspecified atom stereocenters. The maximum absolute atomic E-state index is 11.2. The Morgan fingerprint density at radius 1 is 1.69 bits per heavy atom. The van der Waals surface area contributed by atoms with Crippen molar-refractivity contribution in [1.29, 1.82) is 0 Å². The standard InChI is InChI=1S/C8H12N4O/c1-4-3-5(13)10-8-6(4)7(9)11-12(8)2/h4H,3H2,1-2H3,(H2,9,11)(H,10,13). The van der Waals surface area contributed by atoms with Crippen molar-refractivity contribution in [1.82, 2.24) is 9.78 Å². The fourth-order valence-corrected chi connectivity index (χ4v) is 1.76. The van der Waals surface area contributed by atoms with Gasteiger partial charge in [0.05, 0.1) is 0 Å². The number of rotatable bonds is 0. The van der Waals surface area contributed by atoms with Crippen LogP contribution < -0.4 is 11.1 Å². The topological polar surface area (TPSA) is 72.9 Å². The van der Waals surface area contributed by atoms with Gasteiger partial charge in [0, 0.05) is 19.0 Å². The number of fused-ring (bicyclic) bond motifs is 1. The molecule has 1 aliphatic heterocycles. The number of anilines is 2. The van der Waals surface area contributed by atoms with Gasteiger partial charge in [0.25, 0.3) is 0 Å². The molecule has 0 radical (unpaired) electrons. The van der Waals surface area contributed by atoms with Crippen LogP contribution in [0.2, 0.25) is 0 Å². The minimum atomic E-state index is 0.0306. The number of nitrogens with zero attached hydrogens (tertiary/aromatic N) is 2. The zero-order valence-corrected chi connectivity index (χ0v) is 7.66. The molecule has 0 saturated heterocycles. The Bertz CT molecular complexity index is 368. The first-order chi connectivity index (χ1) is 6.09. The molecule has 13 heavy (non-hydrogen) atoms. The van der Waals surface area contributed by atoms with Crippen molar-refractivity contribution in [3.05, 3.63) is 5.56 Å². The molecule has 5 heteroatoms. The van der Waals surface area contributed by atoms with Crippen LogP contribution in [0.25, 0.3) is 0 Å². The van der Waals surface area contributed by atoms with Gasteiger partial charge in [0.15, 0.2) is 5.82 Å². The van der Waals surface area contributed by atoms with Crippen LogP contribution in [0.3, 0.4) is 0 Å². The Morgan fingerprint density at radius 2 is 2.38 bits per heavy atom. The molecule has 0 aliphatic carbocycles.